The summed E-state index contributed by atoms with van der Waals surface area (Å²) in [5, 5.41) is 3.81. The number of hydrogen-bond acceptors (Lipinski definition) is 4. The topological polar surface area (TPSA) is 68.5 Å². The molecule has 7 heteroatoms. The van der Waals surface area contributed by atoms with Gasteiger partial charge in [-0.3, -0.25) is 9.59 Å². The molecule has 0 aliphatic rings. The Kier molecular flexibility index (Phi) is 5.98. The van der Waals surface area contributed by atoms with Crippen LogP contribution in [0, 0.1) is 6.92 Å². The molecule has 4 aromatic rings. The summed E-state index contributed by atoms with van der Waals surface area (Å²) in [5.41, 5.74) is 2.16. The van der Waals surface area contributed by atoms with E-state index in [0.29, 0.717) is 32.3 Å². The predicted octanol–water partition coefficient (Wildman–Crippen LogP) is 6.09. The SMILES string of the molecule is Cc1ccc2c(=O)c(OCC(=O)Nc3cc(Cl)cc(Cl)c3)c(-c3ccccc3)oc2c1. The van der Waals surface area contributed by atoms with Crippen molar-refractivity contribution >= 4 is 45.8 Å². The first kappa shape index (κ1) is 21.0. The first-order valence-corrected chi connectivity index (χ1v) is 10.2. The summed E-state index contributed by atoms with van der Waals surface area (Å²) >= 11 is 11.9. The minimum atomic E-state index is -0.472. The number of rotatable bonds is 5. The van der Waals surface area contributed by atoms with E-state index < -0.39 is 12.5 Å². The summed E-state index contributed by atoms with van der Waals surface area (Å²) in [6.45, 7) is 1.52. The molecule has 5 nitrogen and oxygen atoms in total. The molecule has 0 unspecified atom stereocenters. The summed E-state index contributed by atoms with van der Waals surface area (Å²) in [5.74, 6) is -0.232. The van der Waals surface area contributed by atoms with Gasteiger partial charge < -0.3 is 14.5 Å². The number of halogens is 2. The lowest BCUT2D eigenvalue weighted by molar-refractivity contribution is -0.118. The van der Waals surface area contributed by atoms with Crippen molar-refractivity contribution in [3.63, 3.8) is 0 Å². The van der Waals surface area contributed by atoms with E-state index in [9.17, 15) is 9.59 Å². The average molecular weight is 454 g/mol. The number of amides is 1. The van der Waals surface area contributed by atoms with Crippen molar-refractivity contribution in [1.82, 2.24) is 0 Å². The Morgan fingerprint density at radius 1 is 1.00 bits per heavy atom. The first-order valence-electron chi connectivity index (χ1n) is 9.42. The van der Waals surface area contributed by atoms with Gasteiger partial charge in [0.1, 0.15) is 5.58 Å². The molecule has 0 aliphatic carbocycles. The Hall–Kier alpha value is -3.28. The fourth-order valence-electron chi connectivity index (χ4n) is 3.15. The van der Waals surface area contributed by atoms with Gasteiger partial charge in [0.05, 0.1) is 5.39 Å². The van der Waals surface area contributed by atoms with Gasteiger partial charge >= 0.3 is 0 Å². The number of nitrogens with one attached hydrogen (secondary N) is 1. The molecule has 1 aromatic heterocycles. The zero-order chi connectivity index (χ0) is 22.0. The van der Waals surface area contributed by atoms with Crippen LogP contribution in [0.2, 0.25) is 10.0 Å². The number of carbonyl (C=O) groups is 1. The van der Waals surface area contributed by atoms with Crippen molar-refractivity contribution in [1.29, 1.82) is 0 Å². The van der Waals surface area contributed by atoms with Crippen molar-refractivity contribution in [2.24, 2.45) is 0 Å². The number of hydrogen-bond donors (Lipinski definition) is 1. The Morgan fingerprint density at radius 3 is 2.42 bits per heavy atom. The van der Waals surface area contributed by atoms with E-state index in [1.807, 2.05) is 31.2 Å². The van der Waals surface area contributed by atoms with E-state index in [1.54, 1.807) is 42.5 Å². The molecule has 1 N–H and O–H groups in total. The summed E-state index contributed by atoms with van der Waals surface area (Å²) in [7, 11) is 0. The van der Waals surface area contributed by atoms with Gasteiger partial charge in [-0.25, -0.2) is 0 Å². The lowest BCUT2D eigenvalue weighted by Gasteiger charge is -2.12. The van der Waals surface area contributed by atoms with E-state index in [-0.39, 0.29) is 16.9 Å². The van der Waals surface area contributed by atoms with Crippen LogP contribution in [-0.4, -0.2) is 12.5 Å². The van der Waals surface area contributed by atoms with Crippen molar-refractivity contribution in [2.75, 3.05) is 11.9 Å². The van der Waals surface area contributed by atoms with Crippen LogP contribution >= 0.6 is 23.2 Å². The molecular weight excluding hydrogens is 437 g/mol. The van der Waals surface area contributed by atoms with Crippen molar-refractivity contribution in [3.8, 4) is 17.1 Å². The third kappa shape index (κ3) is 4.74. The van der Waals surface area contributed by atoms with E-state index in [0.717, 1.165) is 5.56 Å². The Balaban J connectivity index is 1.67. The van der Waals surface area contributed by atoms with E-state index in [2.05, 4.69) is 5.32 Å². The predicted molar refractivity (Wildman–Crippen MR) is 123 cm³/mol. The second kappa shape index (κ2) is 8.84. The Labute approximate surface area is 188 Å². The second-order valence-electron chi connectivity index (χ2n) is 6.95. The summed E-state index contributed by atoms with van der Waals surface area (Å²) < 4.78 is 11.7. The monoisotopic (exact) mass is 453 g/mol. The number of benzene rings is 3. The Bertz CT molecular complexity index is 1310. The van der Waals surface area contributed by atoms with Crippen LogP contribution in [0.1, 0.15) is 5.56 Å². The smallest absolute Gasteiger partial charge is 0.262 e. The fraction of sp³-hybridized carbons (Fsp3) is 0.0833. The van der Waals surface area contributed by atoms with Crippen LogP contribution in [0.3, 0.4) is 0 Å². The molecule has 0 spiro atoms. The van der Waals surface area contributed by atoms with Gasteiger partial charge in [-0.05, 0) is 42.8 Å². The molecule has 0 saturated heterocycles. The van der Waals surface area contributed by atoms with Crippen LogP contribution in [0.15, 0.2) is 75.9 Å². The molecule has 0 aliphatic heterocycles. The van der Waals surface area contributed by atoms with Crippen molar-refractivity contribution < 1.29 is 13.9 Å². The van der Waals surface area contributed by atoms with Crippen molar-refractivity contribution in [2.45, 2.75) is 6.92 Å². The molecule has 1 heterocycles. The van der Waals surface area contributed by atoms with Gasteiger partial charge in [0, 0.05) is 21.3 Å². The van der Waals surface area contributed by atoms with Gasteiger partial charge in [-0.2, -0.15) is 0 Å². The zero-order valence-corrected chi connectivity index (χ0v) is 18.0. The highest BCUT2D eigenvalue weighted by Crippen LogP contribution is 2.31. The summed E-state index contributed by atoms with van der Waals surface area (Å²) in [4.78, 5) is 25.6. The maximum atomic E-state index is 13.1. The van der Waals surface area contributed by atoms with Crippen molar-refractivity contribution in [3.05, 3.63) is 92.6 Å². The third-order valence-electron chi connectivity index (χ3n) is 4.54. The number of anilines is 1. The molecule has 31 heavy (non-hydrogen) atoms. The zero-order valence-electron chi connectivity index (χ0n) is 16.4. The van der Waals surface area contributed by atoms with Gasteiger partial charge in [0.2, 0.25) is 11.2 Å². The first-order chi connectivity index (χ1) is 14.9. The minimum absolute atomic E-state index is 0.0261. The molecule has 3 aromatic carbocycles. The quantitative estimate of drug-likeness (QED) is 0.396. The van der Waals surface area contributed by atoms with Crippen LogP contribution in [0.5, 0.6) is 5.75 Å². The normalized spacial score (nSPS) is 10.8. The summed E-state index contributed by atoms with van der Waals surface area (Å²) in [6.07, 6.45) is 0. The summed E-state index contributed by atoms with van der Waals surface area (Å²) in [6, 6.07) is 19.1. The lowest BCUT2D eigenvalue weighted by atomic mass is 10.1. The maximum absolute atomic E-state index is 13.1. The van der Waals surface area contributed by atoms with E-state index >= 15 is 0 Å². The van der Waals surface area contributed by atoms with Crippen LogP contribution in [0.25, 0.3) is 22.3 Å². The number of aryl methyl sites for hydroxylation is 1. The molecule has 4 rings (SSSR count). The largest absolute Gasteiger partial charge is 0.476 e. The second-order valence-corrected chi connectivity index (χ2v) is 7.82. The maximum Gasteiger partial charge on any atom is 0.262 e. The van der Waals surface area contributed by atoms with Gasteiger partial charge in [-0.1, -0.05) is 59.6 Å². The lowest BCUT2D eigenvalue weighted by Crippen LogP contribution is -2.22. The molecule has 156 valence electrons. The number of fused-ring (bicyclic) bond motifs is 1. The fourth-order valence-corrected chi connectivity index (χ4v) is 3.68. The molecule has 0 atom stereocenters. The van der Waals surface area contributed by atoms with Gasteiger partial charge in [0.15, 0.2) is 12.4 Å². The molecule has 0 saturated carbocycles. The number of ether oxygens (including phenoxy) is 1. The van der Waals surface area contributed by atoms with Gasteiger partial charge in [0.25, 0.3) is 5.91 Å². The highest BCUT2D eigenvalue weighted by atomic mass is 35.5. The third-order valence-corrected chi connectivity index (χ3v) is 4.97. The van der Waals surface area contributed by atoms with Gasteiger partial charge in [-0.15, -0.1) is 0 Å². The molecular formula is C24H17Cl2NO4. The van der Waals surface area contributed by atoms with Crippen LogP contribution < -0.4 is 15.5 Å². The highest BCUT2D eigenvalue weighted by Gasteiger charge is 2.19. The Morgan fingerprint density at radius 2 is 1.71 bits per heavy atom. The van der Waals surface area contributed by atoms with Crippen LogP contribution in [0.4, 0.5) is 5.69 Å². The highest BCUT2D eigenvalue weighted by molar-refractivity contribution is 6.35. The average Bonchev–Trinajstić information content (AvgIpc) is 2.72. The number of carbonyl (C=O) groups excluding carboxylic acids is 1. The molecule has 0 radical (unpaired) electrons. The van der Waals surface area contributed by atoms with E-state index in [4.69, 9.17) is 32.4 Å². The molecule has 0 bridgehead atoms. The van der Waals surface area contributed by atoms with Crippen LogP contribution in [-0.2, 0) is 4.79 Å². The minimum Gasteiger partial charge on any atom is -0.476 e. The molecule has 0 fully saturated rings. The van der Waals surface area contributed by atoms with E-state index in [1.165, 1.54) is 0 Å². The molecule has 1 amide bonds. The standard InChI is InChI=1S/C24H17Cl2NO4/c1-14-7-8-19-20(9-14)31-23(15-5-3-2-4-6-15)24(22(19)29)30-13-21(28)27-18-11-16(25)10-17(26)12-18/h2-12H,13H2,1H3,(H,27,28).